The second-order valence-corrected chi connectivity index (χ2v) is 5.73. The van der Waals surface area contributed by atoms with E-state index in [1.54, 1.807) is 6.07 Å². The first kappa shape index (κ1) is 12.6. The standard InChI is InChI=1S/C12H18ClN3O/c1-8-5-16(6-9(8)12(2,3)17)11-4-10(13)14-7-15-11/h4,7-9,17H,5-6H2,1-3H3. The Labute approximate surface area is 107 Å². The fourth-order valence-corrected chi connectivity index (χ4v) is 2.71. The molecular weight excluding hydrogens is 238 g/mol. The van der Waals surface area contributed by atoms with Crippen LogP contribution in [0.25, 0.3) is 0 Å². The van der Waals surface area contributed by atoms with Gasteiger partial charge in [0.15, 0.2) is 0 Å². The van der Waals surface area contributed by atoms with Crippen molar-refractivity contribution in [3.8, 4) is 0 Å². The highest BCUT2D eigenvalue weighted by atomic mass is 35.5. The average molecular weight is 256 g/mol. The Balaban J connectivity index is 2.17. The van der Waals surface area contributed by atoms with E-state index < -0.39 is 5.60 Å². The van der Waals surface area contributed by atoms with Crippen LogP contribution in [0.15, 0.2) is 12.4 Å². The van der Waals surface area contributed by atoms with E-state index in [0.717, 1.165) is 18.9 Å². The van der Waals surface area contributed by atoms with Crippen molar-refractivity contribution in [3.05, 3.63) is 17.5 Å². The number of hydrogen-bond acceptors (Lipinski definition) is 4. The number of anilines is 1. The van der Waals surface area contributed by atoms with Crippen LogP contribution in [0.5, 0.6) is 0 Å². The summed E-state index contributed by atoms with van der Waals surface area (Å²) in [4.78, 5) is 10.3. The molecular formula is C12H18ClN3O. The maximum atomic E-state index is 10.1. The molecule has 4 nitrogen and oxygen atoms in total. The summed E-state index contributed by atoms with van der Waals surface area (Å²) in [5.74, 6) is 1.52. The first-order valence-corrected chi connectivity index (χ1v) is 6.20. The quantitative estimate of drug-likeness (QED) is 0.821. The summed E-state index contributed by atoms with van der Waals surface area (Å²) < 4.78 is 0. The van der Waals surface area contributed by atoms with E-state index in [4.69, 9.17) is 11.6 Å². The van der Waals surface area contributed by atoms with E-state index in [1.165, 1.54) is 6.33 Å². The van der Waals surface area contributed by atoms with Crippen LogP contribution in [0, 0.1) is 11.8 Å². The third kappa shape index (κ3) is 2.69. The van der Waals surface area contributed by atoms with E-state index in [1.807, 2.05) is 13.8 Å². The number of aliphatic hydroxyl groups is 1. The molecule has 17 heavy (non-hydrogen) atoms. The Morgan fingerprint density at radius 2 is 2.12 bits per heavy atom. The van der Waals surface area contributed by atoms with Gasteiger partial charge in [-0.25, -0.2) is 9.97 Å². The molecule has 2 heterocycles. The molecule has 1 fully saturated rings. The Kier molecular flexibility index (Phi) is 3.27. The largest absolute Gasteiger partial charge is 0.390 e. The molecule has 1 aromatic heterocycles. The zero-order valence-corrected chi connectivity index (χ0v) is 11.1. The van der Waals surface area contributed by atoms with Crippen LogP contribution >= 0.6 is 11.6 Å². The summed E-state index contributed by atoms with van der Waals surface area (Å²) >= 11 is 5.86. The smallest absolute Gasteiger partial charge is 0.134 e. The Morgan fingerprint density at radius 1 is 1.41 bits per heavy atom. The summed E-state index contributed by atoms with van der Waals surface area (Å²) in [6, 6.07) is 1.76. The lowest BCUT2D eigenvalue weighted by atomic mass is 9.84. The van der Waals surface area contributed by atoms with Gasteiger partial charge in [0, 0.05) is 25.1 Å². The summed E-state index contributed by atoms with van der Waals surface area (Å²) in [7, 11) is 0. The van der Waals surface area contributed by atoms with Gasteiger partial charge in [-0.3, -0.25) is 0 Å². The van der Waals surface area contributed by atoms with Crippen molar-refractivity contribution < 1.29 is 5.11 Å². The van der Waals surface area contributed by atoms with Gasteiger partial charge in [0.05, 0.1) is 5.60 Å². The van der Waals surface area contributed by atoms with Crippen molar-refractivity contribution in [1.82, 2.24) is 9.97 Å². The lowest BCUT2D eigenvalue weighted by molar-refractivity contribution is 0.0105. The van der Waals surface area contributed by atoms with Crippen LogP contribution in [-0.2, 0) is 0 Å². The number of halogens is 1. The van der Waals surface area contributed by atoms with E-state index in [0.29, 0.717) is 11.1 Å². The molecule has 1 aliphatic rings. The zero-order chi connectivity index (χ0) is 12.6. The van der Waals surface area contributed by atoms with Crippen LogP contribution in [-0.4, -0.2) is 33.8 Å². The van der Waals surface area contributed by atoms with Crippen molar-refractivity contribution in [3.63, 3.8) is 0 Å². The monoisotopic (exact) mass is 255 g/mol. The SMILES string of the molecule is CC1CN(c2cc(Cl)ncn2)CC1C(C)(C)O. The summed E-state index contributed by atoms with van der Waals surface area (Å²) in [6.07, 6.45) is 1.47. The molecule has 2 rings (SSSR count). The summed E-state index contributed by atoms with van der Waals surface area (Å²) in [5, 5.41) is 10.6. The van der Waals surface area contributed by atoms with Crippen molar-refractivity contribution in [2.24, 2.45) is 11.8 Å². The topological polar surface area (TPSA) is 49.2 Å². The first-order chi connectivity index (χ1) is 7.88. The van der Waals surface area contributed by atoms with Crippen molar-refractivity contribution in [2.75, 3.05) is 18.0 Å². The Bertz CT molecular complexity index is 405. The molecule has 2 unspecified atom stereocenters. The van der Waals surface area contributed by atoms with Gasteiger partial charge >= 0.3 is 0 Å². The molecule has 0 radical (unpaired) electrons. The normalized spacial score (nSPS) is 25.4. The maximum absolute atomic E-state index is 10.1. The van der Waals surface area contributed by atoms with Crippen molar-refractivity contribution >= 4 is 17.4 Å². The highest BCUT2D eigenvalue weighted by Crippen LogP contribution is 2.34. The van der Waals surface area contributed by atoms with Gasteiger partial charge in [0.25, 0.3) is 0 Å². The van der Waals surface area contributed by atoms with E-state index in [9.17, 15) is 5.11 Å². The minimum atomic E-state index is -0.662. The number of rotatable bonds is 2. The van der Waals surface area contributed by atoms with Crippen LogP contribution in [0.4, 0.5) is 5.82 Å². The second-order valence-electron chi connectivity index (χ2n) is 5.34. The maximum Gasteiger partial charge on any atom is 0.134 e. The molecule has 0 spiro atoms. The van der Waals surface area contributed by atoms with Crippen LogP contribution in [0.3, 0.4) is 0 Å². The predicted octanol–water partition coefficient (Wildman–Crippen LogP) is 1.97. The van der Waals surface area contributed by atoms with Crippen molar-refractivity contribution in [2.45, 2.75) is 26.4 Å². The van der Waals surface area contributed by atoms with Gasteiger partial charge in [-0.2, -0.15) is 0 Å². The van der Waals surface area contributed by atoms with Gasteiger partial charge in [-0.1, -0.05) is 18.5 Å². The average Bonchev–Trinajstić information content (AvgIpc) is 2.60. The zero-order valence-electron chi connectivity index (χ0n) is 10.4. The number of nitrogens with zero attached hydrogens (tertiary/aromatic N) is 3. The molecule has 0 bridgehead atoms. The van der Waals surface area contributed by atoms with Gasteiger partial charge in [0.2, 0.25) is 0 Å². The molecule has 94 valence electrons. The molecule has 5 heteroatoms. The third-order valence-electron chi connectivity index (χ3n) is 3.46. The lowest BCUT2D eigenvalue weighted by Crippen LogP contribution is -2.35. The van der Waals surface area contributed by atoms with Crippen molar-refractivity contribution in [1.29, 1.82) is 0 Å². The Hall–Kier alpha value is -0.870. The molecule has 0 amide bonds. The lowest BCUT2D eigenvalue weighted by Gasteiger charge is -2.28. The van der Waals surface area contributed by atoms with Crippen LogP contribution in [0.2, 0.25) is 5.15 Å². The molecule has 1 saturated heterocycles. The summed E-state index contributed by atoms with van der Waals surface area (Å²) in [6.45, 7) is 7.58. The second kappa shape index (κ2) is 4.42. The van der Waals surface area contributed by atoms with Crippen LogP contribution < -0.4 is 4.90 Å². The van der Waals surface area contributed by atoms with Gasteiger partial charge in [-0.15, -0.1) is 0 Å². The van der Waals surface area contributed by atoms with E-state index in [-0.39, 0.29) is 5.92 Å². The van der Waals surface area contributed by atoms with Crippen LogP contribution in [0.1, 0.15) is 20.8 Å². The molecule has 1 N–H and O–H groups in total. The fourth-order valence-electron chi connectivity index (χ4n) is 2.57. The van der Waals surface area contributed by atoms with E-state index in [2.05, 4.69) is 21.8 Å². The highest BCUT2D eigenvalue weighted by Gasteiger charge is 2.39. The number of aromatic nitrogens is 2. The molecule has 0 saturated carbocycles. The molecule has 0 aromatic carbocycles. The van der Waals surface area contributed by atoms with Gasteiger partial charge in [-0.05, 0) is 19.8 Å². The minimum Gasteiger partial charge on any atom is -0.390 e. The minimum absolute atomic E-state index is 0.247. The third-order valence-corrected chi connectivity index (χ3v) is 3.67. The Morgan fingerprint density at radius 3 is 2.65 bits per heavy atom. The van der Waals surface area contributed by atoms with E-state index >= 15 is 0 Å². The fraction of sp³-hybridized carbons (Fsp3) is 0.667. The highest BCUT2D eigenvalue weighted by molar-refractivity contribution is 6.29. The van der Waals surface area contributed by atoms with Gasteiger partial charge in [0.1, 0.15) is 17.3 Å². The molecule has 1 aliphatic heterocycles. The molecule has 1 aromatic rings. The molecule has 2 atom stereocenters. The first-order valence-electron chi connectivity index (χ1n) is 5.83. The number of hydrogen-bond donors (Lipinski definition) is 1. The van der Waals surface area contributed by atoms with Gasteiger partial charge < -0.3 is 10.0 Å². The predicted molar refractivity (Wildman–Crippen MR) is 68.2 cm³/mol. The molecule has 0 aliphatic carbocycles. The summed E-state index contributed by atoms with van der Waals surface area (Å²) in [5.41, 5.74) is -0.662.